The molecule has 27 heavy (non-hydrogen) atoms. The molecule has 1 heterocycles. The predicted octanol–water partition coefficient (Wildman–Crippen LogP) is 4.12. The molecule has 2 aliphatic rings. The van der Waals surface area contributed by atoms with E-state index in [1.807, 2.05) is 12.1 Å². The number of aliphatic hydroxyl groups excluding tert-OH is 1. The molecule has 4 heteroatoms. The number of Topliss-reactive ketones (excluding diaryl/α,β-unsaturated/α-hetero) is 1. The molecule has 0 spiro atoms. The fourth-order valence-corrected chi connectivity index (χ4v) is 4.59. The molecule has 1 atom stereocenters. The first-order valence-corrected chi connectivity index (χ1v) is 10.1. The second-order valence-corrected chi connectivity index (χ2v) is 8.10. The quantitative estimate of drug-likeness (QED) is 0.512. The molecule has 1 unspecified atom stereocenters. The monoisotopic (exact) mass is 362 g/mol. The van der Waals surface area contributed by atoms with Crippen LogP contribution < -0.4 is 5.32 Å². The molecule has 3 aromatic rings. The fourth-order valence-electron chi connectivity index (χ4n) is 4.59. The van der Waals surface area contributed by atoms with E-state index >= 15 is 0 Å². The highest BCUT2D eigenvalue weighted by atomic mass is 16.3. The number of hydrogen-bond acceptors (Lipinski definition) is 3. The number of carbonyl (C=O) groups is 1. The molecule has 1 fully saturated rings. The number of ketones is 1. The summed E-state index contributed by atoms with van der Waals surface area (Å²) >= 11 is 0. The Balaban J connectivity index is 1.64. The number of aliphatic hydroxyl groups is 1. The summed E-state index contributed by atoms with van der Waals surface area (Å²) in [6.45, 7) is 3.62. The van der Waals surface area contributed by atoms with Gasteiger partial charge in [0, 0.05) is 40.0 Å². The van der Waals surface area contributed by atoms with Crippen LogP contribution >= 0.6 is 0 Å². The van der Waals surface area contributed by atoms with Crippen LogP contribution in [0, 0.1) is 0 Å². The number of carbonyl (C=O) groups excluding carboxylic acids is 1. The molecule has 2 aliphatic carbocycles. The van der Waals surface area contributed by atoms with E-state index in [0.29, 0.717) is 0 Å². The van der Waals surface area contributed by atoms with Gasteiger partial charge in [0.1, 0.15) is 0 Å². The number of nitrogens with zero attached hydrogens (tertiary/aromatic N) is 1. The Morgan fingerprint density at radius 3 is 2.78 bits per heavy atom. The van der Waals surface area contributed by atoms with Crippen molar-refractivity contribution in [2.75, 3.05) is 6.54 Å². The minimum Gasteiger partial charge on any atom is -0.388 e. The third-order valence-corrected chi connectivity index (χ3v) is 6.18. The van der Waals surface area contributed by atoms with Crippen LogP contribution in [0.15, 0.2) is 30.3 Å². The van der Waals surface area contributed by atoms with E-state index in [1.54, 1.807) is 6.92 Å². The number of aromatic nitrogens is 1. The summed E-state index contributed by atoms with van der Waals surface area (Å²) in [6, 6.07) is 11.1. The van der Waals surface area contributed by atoms with Crippen molar-refractivity contribution in [2.45, 2.75) is 57.7 Å². The standard InChI is InChI=1S/C23H26N2O2/c1-14(26)15-3-8-20-19(13-15)23-18-7-10-22(27)17(18)6-9-21(23)25(20)12-2-11-24-16-4-5-16/h3,6,8-9,13,16,22,24,27H,2,4-5,7,10-12H2,1H3. The van der Waals surface area contributed by atoms with Gasteiger partial charge in [0.25, 0.3) is 0 Å². The van der Waals surface area contributed by atoms with Gasteiger partial charge >= 0.3 is 0 Å². The van der Waals surface area contributed by atoms with Crippen molar-refractivity contribution in [3.8, 4) is 0 Å². The molecular formula is C23H26N2O2. The lowest BCUT2D eigenvalue weighted by molar-refractivity contribution is 0.101. The molecule has 1 aromatic heterocycles. The molecule has 0 amide bonds. The predicted molar refractivity (Wildman–Crippen MR) is 108 cm³/mol. The Labute approximate surface area is 159 Å². The molecule has 0 aliphatic heterocycles. The highest BCUT2D eigenvalue weighted by molar-refractivity contribution is 6.12. The lowest BCUT2D eigenvalue weighted by Gasteiger charge is -2.09. The molecule has 0 saturated heterocycles. The number of fused-ring (bicyclic) bond motifs is 5. The molecule has 0 radical (unpaired) electrons. The van der Waals surface area contributed by atoms with E-state index in [-0.39, 0.29) is 11.9 Å². The topological polar surface area (TPSA) is 54.3 Å². The highest BCUT2D eigenvalue weighted by Gasteiger charge is 2.25. The van der Waals surface area contributed by atoms with Crippen LogP contribution in [0.5, 0.6) is 0 Å². The Morgan fingerprint density at radius 2 is 2.00 bits per heavy atom. The Bertz CT molecular complexity index is 1050. The first kappa shape index (κ1) is 17.0. The Kier molecular flexibility index (Phi) is 4.06. The van der Waals surface area contributed by atoms with Gasteiger partial charge in [0.15, 0.2) is 5.78 Å². The Hall–Kier alpha value is -2.17. The van der Waals surface area contributed by atoms with E-state index in [2.05, 4.69) is 28.1 Å². The van der Waals surface area contributed by atoms with Crippen LogP contribution in [0.4, 0.5) is 0 Å². The third kappa shape index (κ3) is 2.88. The summed E-state index contributed by atoms with van der Waals surface area (Å²) in [6.07, 6.45) is 5.06. The maximum Gasteiger partial charge on any atom is 0.159 e. The molecule has 0 bridgehead atoms. The molecule has 1 saturated carbocycles. The summed E-state index contributed by atoms with van der Waals surface area (Å²) in [5, 5.41) is 16.3. The van der Waals surface area contributed by atoms with Gasteiger partial charge in [0.05, 0.1) is 6.10 Å². The molecule has 2 N–H and O–H groups in total. The summed E-state index contributed by atoms with van der Waals surface area (Å²) in [5.74, 6) is 0.0963. The van der Waals surface area contributed by atoms with Crippen LogP contribution in [0.2, 0.25) is 0 Å². The first-order valence-electron chi connectivity index (χ1n) is 10.1. The van der Waals surface area contributed by atoms with Crippen molar-refractivity contribution in [2.24, 2.45) is 0 Å². The van der Waals surface area contributed by atoms with Crippen molar-refractivity contribution in [1.82, 2.24) is 9.88 Å². The van der Waals surface area contributed by atoms with Crippen molar-refractivity contribution < 1.29 is 9.90 Å². The lowest BCUT2D eigenvalue weighted by atomic mass is 10.0. The van der Waals surface area contributed by atoms with Crippen LogP contribution in [-0.2, 0) is 13.0 Å². The smallest absolute Gasteiger partial charge is 0.159 e. The summed E-state index contributed by atoms with van der Waals surface area (Å²) in [4.78, 5) is 11.9. The van der Waals surface area contributed by atoms with Crippen LogP contribution in [0.3, 0.4) is 0 Å². The Morgan fingerprint density at radius 1 is 1.19 bits per heavy atom. The van der Waals surface area contributed by atoms with Gasteiger partial charge in [-0.2, -0.15) is 0 Å². The summed E-state index contributed by atoms with van der Waals surface area (Å²) in [7, 11) is 0. The van der Waals surface area contributed by atoms with Crippen molar-refractivity contribution in [1.29, 1.82) is 0 Å². The van der Waals surface area contributed by atoms with Crippen molar-refractivity contribution in [3.05, 3.63) is 47.0 Å². The van der Waals surface area contributed by atoms with E-state index in [9.17, 15) is 9.90 Å². The van der Waals surface area contributed by atoms with Gasteiger partial charge in [-0.05, 0) is 81.0 Å². The molecule has 4 nitrogen and oxygen atoms in total. The highest BCUT2D eigenvalue weighted by Crippen LogP contribution is 2.41. The van der Waals surface area contributed by atoms with Gasteiger partial charge < -0.3 is 15.0 Å². The van der Waals surface area contributed by atoms with E-state index in [4.69, 9.17) is 0 Å². The molecule has 140 valence electrons. The fraction of sp³-hybridized carbons (Fsp3) is 0.435. The number of nitrogens with one attached hydrogen (secondary N) is 1. The van der Waals surface area contributed by atoms with Crippen LogP contribution in [0.1, 0.15) is 60.2 Å². The van der Waals surface area contributed by atoms with Gasteiger partial charge in [0.2, 0.25) is 0 Å². The van der Waals surface area contributed by atoms with Crippen LogP contribution in [0.25, 0.3) is 21.8 Å². The van der Waals surface area contributed by atoms with Crippen molar-refractivity contribution >= 4 is 27.6 Å². The molecular weight excluding hydrogens is 336 g/mol. The summed E-state index contributed by atoms with van der Waals surface area (Å²) in [5.41, 5.74) is 5.50. The second kappa shape index (κ2) is 6.47. The minimum atomic E-state index is -0.360. The normalized spacial score (nSPS) is 19.1. The maximum atomic E-state index is 11.9. The number of benzene rings is 2. The number of rotatable bonds is 6. The van der Waals surface area contributed by atoms with Gasteiger partial charge in [-0.1, -0.05) is 6.07 Å². The lowest BCUT2D eigenvalue weighted by Crippen LogP contribution is -2.18. The van der Waals surface area contributed by atoms with Crippen LogP contribution in [-0.4, -0.2) is 28.0 Å². The third-order valence-electron chi connectivity index (χ3n) is 6.18. The van der Waals surface area contributed by atoms with E-state index < -0.39 is 0 Å². The first-order chi connectivity index (χ1) is 13.1. The maximum absolute atomic E-state index is 11.9. The molecule has 2 aromatic carbocycles. The zero-order chi connectivity index (χ0) is 18.5. The minimum absolute atomic E-state index is 0.0963. The van der Waals surface area contributed by atoms with Gasteiger partial charge in [-0.25, -0.2) is 0 Å². The van der Waals surface area contributed by atoms with Gasteiger partial charge in [-0.3, -0.25) is 4.79 Å². The zero-order valence-electron chi connectivity index (χ0n) is 15.8. The van der Waals surface area contributed by atoms with E-state index in [0.717, 1.165) is 54.9 Å². The van der Waals surface area contributed by atoms with Gasteiger partial charge in [-0.15, -0.1) is 0 Å². The number of aryl methyl sites for hydroxylation is 2. The van der Waals surface area contributed by atoms with Crippen molar-refractivity contribution in [3.63, 3.8) is 0 Å². The molecule has 5 rings (SSSR count). The average molecular weight is 362 g/mol. The largest absolute Gasteiger partial charge is 0.388 e. The second-order valence-electron chi connectivity index (χ2n) is 8.10. The average Bonchev–Trinajstić information content (AvgIpc) is 3.34. The summed E-state index contributed by atoms with van der Waals surface area (Å²) < 4.78 is 2.40. The van der Waals surface area contributed by atoms with E-state index in [1.165, 1.54) is 34.8 Å². The number of hydrogen-bond donors (Lipinski definition) is 2. The SMILES string of the molecule is CC(=O)c1ccc2c(c1)c1c3c(ccc1n2CCCNC1CC1)C(O)CC3. The zero-order valence-corrected chi connectivity index (χ0v) is 15.8.